The molecule has 0 aliphatic carbocycles. The lowest BCUT2D eigenvalue weighted by Crippen LogP contribution is -2.39. The Kier molecular flexibility index (Phi) is 4.59. The van der Waals surface area contributed by atoms with E-state index in [0.29, 0.717) is 31.2 Å². The fourth-order valence-electron chi connectivity index (χ4n) is 4.57. The summed E-state index contributed by atoms with van der Waals surface area (Å²) in [5.41, 5.74) is 1.83. The standard InChI is InChI=1S/C21H22FN5O2S/c1-13-23-6-17(24-13)19(29)26-7-15-8-27(11-21(15,10-26)12-28)20-25-18(9-30-20)14-2-4-16(22)5-3-14/h2-6,9,15,28H,7-8,10-12H2,1H3,(H,23,24)/t15-,21+/m1/s1. The van der Waals surface area contributed by atoms with Crippen LogP contribution in [0, 0.1) is 24.1 Å². The van der Waals surface area contributed by atoms with Crippen LogP contribution in [-0.4, -0.2) is 63.7 Å². The highest BCUT2D eigenvalue weighted by Gasteiger charge is 2.53. The summed E-state index contributed by atoms with van der Waals surface area (Å²) in [5.74, 6) is 0.545. The van der Waals surface area contributed by atoms with Gasteiger partial charge < -0.3 is 19.9 Å². The minimum Gasteiger partial charge on any atom is -0.396 e. The average molecular weight is 428 g/mol. The lowest BCUT2D eigenvalue weighted by Gasteiger charge is -2.27. The van der Waals surface area contributed by atoms with Gasteiger partial charge in [-0.25, -0.2) is 14.4 Å². The number of nitrogens with zero attached hydrogens (tertiary/aromatic N) is 4. The van der Waals surface area contributed by atoms with Gasteiger partial charge in [0.05, 0.1) is 18.5 Å². The van der Waals surface area contributed by atoms with Gasteiger partial charge in [0.2, 0.25) is 0 Å². The van der Waals surface area contributed by atoms with Crippen LogP contribution in [0.2, 0.25) is 0 Å². The quantitative estimate of drug-likeness (QED) is 0.669. The molecule has 0 spiro atoms. The number of fused-ring (bicyclic) bond motifs is 1. The molecular formula is C21H22FN5O2S. The molecule has 2 fully saturated rings. The van der Waals surface area contributed by atoms with Gasteiger partial charge in [-0.3, -0.25) is 4.79 Å². The van der Waals surface area contributed by atoms with Crippen LogP contribution in [0.4, 0.5) is 9.52 Å². The molecule has 0 saturated carbocycles. The molecule has 2 saturated heterocycles. The van der Waals surface area contributed by atoms with E-state index in [4.69, 9.17) is 4.98 Å². The second-order valence-electron chi connectivity index (χ2n) is 8.19. The van der Waals surface area contributed by atoms with Crippen molar-refractivity contribution in [2.24, 2.45) is 11.3 Å². The fraction of sp³-hybridized carbons (Fsp3) is 0.381. The maximum atomic E-state index is 13.2. The van der Waals surface area contributed by atoms with Crippen LogP contribution in [-0.2, 0) is 0 Å². The molecule has 2 aliphatic heterocycles. The van der Waals surface area contributed by atoms with Crippen LogP contribution >= 0.6 is 11.3 Å². The topological polar surface area (TPSA) is 85.3 Å². The molecule has 3 aromatic rings. The highest BCUT2D eigenvalue weighted by Crippen LogP contribution is 2.45. The molecule has 9 heteroatoms. The van der Waals surface area contributed by atoms with Crippen molar-refractivity contribution in [3.8, 4) is 11.3 Å². The smallest absolute Gasteiger partial charge is 0.271 e. The average Bonchev–Trinajstić information content (AvgIpc) is 3.50. The summed E-state index contributed by atoms with van der Waals surface area (Å²) >= 11 is 1.55. The Morgan fingerprint density at radius 3 is 2.80 bits per heavy atom. The van der Waals surface area contributed by atoms with E-state index in [1.54, 1.807) is 29.7 Å². The van der Waals surface area contributed by atoms with E-state index >= 15 is 0 Å². The zero-order valence-electron chi connectivity index (χ0n) is 16.5. The van der Waals surface area contributed by atoms with E-state index in [-0.39, 0.29) is 29.7 Å². The first-order valence-electron chi connectivity index (χ1n) is 9.85. The van der Waals surface area contributed by atoms with Gasteiger partial charge in [0.1, 0.15) is 17.3 Å². The molecule has 5 rings (SSSR count). The molecule has 2 aromatic heterocycles. The van der Waals surface area contributed by atoms with Gasteiger partial charge in [0, 0.05) is 48.5 Å². The van der Waals surface area contributed by atoms with Crippen LogP contribution in [0.5, 0.6) is 0 Å². The number of aromatic amines is 1. The second kappa shape index (κ2) is 7.17. The SMILES string of the molecule is Cc1ncc(C(=O)N2C[C@@H]3CN(c4nc(-c5ccc(F)cc5)cs4)C[C@]3(CO)C2)[nH]1. The number of carbonyl (C=O) groups is 1. The predicted octanol–water partition coefficient (Wildman–Crippen LogP) is 2.55. The van der Waals surface area contributed by atoms with Crippen molar-refractivity contribution in [3.63, 3.8) is 0 Å². The Morgan fingerprint density at radius 1 is 1.33 bits per heavy atom. The third kappa shape index (κ3) is 3.18. The second-order valence-corrected chi connectivity index (χ2v) is 9.02. The van der Waals surface area contributed by atoms with Crippen molar-refractivity contribution in [2.75, 3.05) is 37.7 Å². The van der Waals surface area contributed by atoms with Gasteiger partial charge in [-0.2, -0.15) is 0 Å². The largest absolute Gasteiger partial charge is 0.396 e. The summed E-state index contributed by atoms with van der Waals surface area (Å²) in [4.78, 5) is 28.7. The van der Waals surface area contributed by atoms with E-state index in [1.165, 1.54) is 12.1 Å². The van der Waals surface area contributed by atoms with E-state index < -0.39 is 0 Å². The third-order valence-corrected chi connectivity index (χ3v) is 7.10. The minimum atomic E-state index is -0.355. The molecule has 156 valence electrons. The van der Waals surface area contributed by atoms with Crippen LogP contribution in [0.25, 0.3) is 11.3 Å². The van der Waals surface area contributed by atoms with Crippen molar-refractivity contribution in [1.29, 1.82) is 0 Å². The minimum absolute atomic E-state index is 0.0240. The number of hydrogen-bond donors (Lipinski definition) is 2. The molecule has 0 unspecified atom stereocenters. The highest BCUT2D eigenvalue weighted by molar-refractivity contribution is 7.14. The molecule has 0 bridgehead atoms. The Hall–Kier alpha value is -2.78. The number of aliphatic hydroxyl groups is 1. The number of anilines is 1. The van der Waals surface area contributed by atoms with E-state index in [9.17, 15) is 14.3 Å². The number of aryl methyl sites for hydroxylation is 1. The molecular weight excluding hydrogens is 405 g/mol. The number of halogens is 1. The summed E-state index contributed by atoms with van der Waals surface area (Å²) < 4.78 is 13.2. The Balaban J connectivity index is 1.32. The maximum absolute atomic E-state index is 13.2. The number of aromatic nitrogens is 3. The van der Waals surface area contributed by atoms with E-state index in [1.807, 2.05) is 17.2 Å². The molecule has 7 nitrogen and oxygen atoms in total. The number of hydrogen-bond acceptors (Lipinski definition) is 6. The van der Waals surface area contributed by atoms with Gasteiger partial charge in [0.15, 0.2) is 5.13 Å². The highest BCUT2D eigenvalue weighted by atomic mass is 32.1. The Bertz CT molecular complexity index is 1080. The number of H-pyrrole nitrogens is 1. The van der Waals surface area contributed by atoms with Gasteiger partial charge in [-0.15, -0.1) is 11.3 Å². The summed E-state index contributed by atoms with van der Waals surface area (Å²) in [6.45, 7) is 4.34. The normalized spacial score (nSPS) is 23.2. The van der Waals surface area contributed by atoms with Gasteiger partial charge >= 0.3 is 0 Å². The van der Waals surface area contributed by atoms with Crippen LogP contribution in [0.3, 0.4) is 0 Å². The number of nitrogens with one attached hydrogen (secondary N) is 1. The molecule has 1 aromatic carbocycles. The molecule has 2 N–H and O–H groups in total. The lowest BCUT2D eigenvalue weighted by molar-refractivity contribution is 0.0743. The summed E-state index contributed by atoms with van der Waals surface area (Å²) in [7, 11) is 0. The lowest BCUT2D eigenvalue weighted by atomic mass is 9.82. The number of imidazole rings is 1. The van der Waals surface area contributed by atoms with Crippen LogP contribution in [0.15, 0.2) is 35.8 Å². The van der Waals surface area contributed by atoms with Crippen molar-refractivity contribution in [2.45, 2.75) is 6.92 Å². The summed E-state index contributed by atoms with van der Waals surface area (Å²) in [6.07, 6.45) is 1.57. The molecule has 0 radical (unpaired) electrons. The first-order valence-corrected chi connectivity index (χ1v) is 10.7. The Labute approximate surface area is 177 Å². The first kappa shape index (κ1) is 19.2. The first-order chi connectivity index (χ1) is 14.5. The van der Waals surface area contributed by atoms with Crippen LogP contribution < -0.4 is 4.90 Å². The number of carbonyl (C=O) groups excluding carboxylic acids is 1. The van der Waals surface area contributed by atoms with Crippen molar-refractivity contribution in [3.05, 3.63) is 53.2 Å². The van der Waals surface area contributed by atoms with Crippen molar-refractivity contribution < 1.29 is 14.3 Å². The zero-order valence-corrected chi connectivity index (χ0v) is 17.3. The molecule has 4 heterocycles. The number of thiazole rings is 1. The molecule has 2 aliphatic rings. The molecule has 2 atom stereocenters. The van der Waals surface area contributed by atoms with Gasteiger partial charge in [-0.05, 0) is 31.2 Å². The number of amides is 1. The summed E-state index contributed by atoms with van der Waals surface area (Å²) in [6, 6.07) is 6.32. The number of likely N-dealkylation sites (tertiary alicyclic amines) is 1. The van der Waals surface area contributed by atoms with Crippen molar-refractivity contribution >= 4 is 22.4 Å². The predicted molar refractivity (Wildman–Crippen MR) is 112 cm³/mol. The molecule has 1 amide bonds. The van der Waals surface area contributed by atoms with Crippen LogP contribution in [0.1, 0.15) is 16.3 Å². The number of benzene rings is 1. The fourth-order valence-corrected chi connectivity index (χ4v) is 5.41. The Morgan fingerprint density at radius 2 is 2.13 bits per heavy atom. The van der Waals surface area contributed by atoms with Gasteiger partial charge in [0.25, 0.3) is 5.91 Å². The molecule has 30 heavy (non-hydrogen) atoms. The number of aliphatic hydroxyl groups excluding tert-OH is 1. The number of rotatable bonds is 4. The maximum Gasteiger partial charge on any atom is 0.271 e. The zero-order chi connectivity index (χ0) is 20.9. The summed E-state index contributed by atoms with van der Waals surface area (Å²) in [5, 5.41) is 13.1. The van der Waals surface area contributed by atoms with E-state index in [2.05, 4.69) is 14.9 Å². The third-order valence-electron chi connectivity index (χ3n) is 6.20. The monoisotopic (exact) mass is 427 g/mol. The van der Waals surface area contributed by atoms with Crippen molar-refractivity contribution in [1.82, 2.24) is 19.9 Å². The van der Waals surface area contributed by atoms with E-state index in [0.717, 1.165) is 22.9 Å². The van der Waals surface area contributed by atoms with Gasteiger partial charge in [-0.1, -0.05) is 0 Å².